The Hall–Kier alpha value is -3.02. The number of rotatable bonds is 7. The predicted molar refractivity (Wildman–Crippen MR) is 110 cm³/mol. The van der Waals surface area contributed by atoms with E-state index in [9.17, 15) is 0 Å². The van der Waals surface area contributed by atoms with Gasteiger partial charge in [-0.25, -0.2) is 4.98 Å². The molecular weight excluding hydrogens is 338 g/mol. The molecule has 27 heavy (non-hydrogen) atoms. The molecule has 0 spiro atoms. The van der Waals surface area contributed by atoms with Gasteiger partial charge in [0.25, 0.3) is 0 Å². The van der Waals surface area contributed by atoms with E-state index in [2.05, 4.69) is 50.3 Å². The van der Waals surface area contributed by atoms with E-state index in [1.807, 2.05) is 30.3 Å². The highest BCUT2D eigenvalue weighted by molar-refractivity contribution is 5.79. The van der Waals surface area contributed by atoms with Crippen LogP contribution in [0.25, 0.3) is 11.0 Å². The Morgan fingerprint density at radius 3 is 2.70 bits per heavy atom. The van der Waals surface area contributed by atoms with Crippen LogP contribution in [0.1, 0.15) is 17.8 Å². The standard InChI is InChI=1S/C21H27N5O/c1-16-25-18-10-5-6-11-19(18)26(16)14-8-13-23-21(22-2)24-15-17-9-4-7-12-20(17)27-3/h4-7,9-12H,8,13-15H2,1-3H3,(H2,22,23,24). The van der Waals surface area contributed by atoms with Crippen molar-refractivity contribution in [2.24, 2.45) is 4.99 Å². The Balaban J connectivity index is 1.49. The number of ether oxygens (including phenoxy) is 1. The van der Waals surface area contributed by atoms with Crippen LogP contribution in [0.3, 0.4) is 0 Å². The summed E-state index contributed by atoms with van der Waals surface area (Å²) >= 11 is 0. The first-order chi connectivity index (χ1) is 13.2. The van der Waals surface area contributed by atoms with E-state index in [1.165, 1.54) is 5.52 Å². The summed E-state index contributed by atoms with van der Waals surface area (Å²) in [6, 6.07) is 16.2. The molecule has 3 aromatic rings. The van der Waals surface area contributed by atoms with Crippen molar-refractivity contribution < 1.29 is 4.74 Å². The highest BCUT2D eigenvalue weighted by atomic mass is 16.5. The minimum atomic E-state index is 0.662. The SMILES string of the molecule is CN=C(NCCCn1c(C)nc2ccccc21)NCc1ccccc1OC. The van der Waals surface area contributed by atoms with Gasteiger partial charge in [-0.3, -0.25) is 4.99 Å². The molecular formula is C21H27N5O. The number of guanidine groups is 1. The topological polar surface area (TPSA) is 63.5 Å². The number of imidazole rings is 1. The van der Waals surface area contributed by atoms with Gasteiger partial charge in [-0.1, -0.05) is 30.3 Å². The third-order valence-electron chi connectivity index (χ3n) is 4.56. The number of aryl methyl sites for hydroxylation is 2. The first-order valence-corrected chi connectivity index (χ1v) is 9.21. The molecule has 0 saturated carbocycles. The molecule has 6 nitrogen and oxygen atoms in total. The first-order valence-electron chi connectivity index (χ1n) is 9.21. The predicted octanol–water partition coefficient (Wildman–Crippen LogP) is 3.11. The van der Waals surface area contributed by atoms with Crippen molar-refractivity contribution in [2.75, 3.05) is 20.7 Å². The molecule has 0 aliphatic heterocycles. The number of nitrogens with one attached hydrogen (secondary N) is 2. The molecule has 0 bridgehead atoms. The van der Waals surface area contributed by atoms with Gasteiger partial charge in [0, 0.05) is 32.2 Å². The number of hydrogen-bond acceptors (Lipinski definition) is 3. The Morgan fingerprint density at radius 2 is 1.89 bits per heavy atom. The van der Waals surface area contributed by atoms with Crippen LogP contribution in [-0.4, -0.2) is 36.2 Å². The molecule has 2 N–H and O–H groups in total. The highest BCUT2D eigenvalue weighted by Gasteiger charge is 2.07. The smallest absolute Gasteiger partial charge is 0.191 e. The molecule has 0 atom stereocenters. The van der Waals surface area contributed by atoms with Crippen LogP contribution in [0, 0.1) is 6.92 Å². The van der Waals surface area contributed by atoms with Gasteiger partial charge in [-0.05, 0) is 31.5 Å². The second-order valence-corrected chi connectivity index (χ2v) is 6.32. The van der Waals surface area contributed by atoms with E-state index in [4.69, 9.17) is 4.74 Å². The van der Waals surface area contributed by atoms with Crippen molar-refractivity contribution in [3.05, 3.63) is 59.9 Å². The van der Waals surface area contributed by atoms with Crippen LogP contribution in [-0.2, 0) is 13.1 Å². The second kappa shape index (κ2) is 9.07. The molecule has 3 rings (SSSR count). The molecule has 0 aliphatic rings. The summed E-state index contributed by atoms with van der Waals surface area (Å²) in [5, 5.41) is 6.71. The van der Waals surface area contributed by atoms with Crippen molar-refractivity contribution >= 4 is 17.0 Å². The lowest BCUT2D eigenvalue weighted by Gasteiger charge is -2.14. The second-order valence-electron chi connectivity index (χ2n) is 6.32. The summed E-state index contributed by atoms with van der Waals surface area (Å²) in [7, 11) is 3.47. The van der Waals surface area contributed by atoms with Gasteiger partial charge in [-0.15, -0.1) is 0 Å². The van der Waals surface area contributed by atoms with Crippen molar-refractivity contribution in [3.8, 4) is 5.75 Å². The number of nitrogens with zero attached hydrogens (tertiary/aromatic N) is 3. The van der Waals surface area contributed by atoms with Gasteiger partial charge in [0.05, 0.1) is 18.1 Å². The van der Waals surface area contributed by atoms with Gasteiger partial charge in [-0.2, -0.15) is 0 Å². The summed E-state index contributed by atoms with van der Waals surface area (Å²) in [5.74, 6) is 2.71. The Morgan fingerprint density at radius 1 is 1.11 bits per heavy atom. The fraction of sp³-hybridized carbons (Fsp3) is 0.333. The van der Waals surface area contributed by atoms with Crippen molar-refractivity contribution in [2.45, 2.75) is 26.4 Å². The van der Waals surface area contributed by atoms with Gasteiger partial charge in [0.1, 0.15) is 11.6 Å². The average Bonchev–Trinajstić information content (AvgIpc) is 3.02. The third kappa shape index (κ3) is 4.58. The number of methoxy groups -OCH3 is 1. The minimum Gasteiger partial charge on any atom is -0.496 e. The van der Waals surface area contributed by atoms with E-state index >= 15 is 0 Å². The Kier molecular flexibility index (Phi) is 6.30. The zero-order valence-electron chi connectivity index (χ0n) is 16.2. The molecule has 0 fully saturated rings. The third-order valence-corrected chi connectivity index (χ3v) is 4.56. The fourth-order valence-corrected chi connectivity index (χ4v) is 3.17. The maximum atomic E-state index is 5.39. The maximum Gasteiger partial charge on any atom is 0.191 e. The first kappa shape index (κ1) is 18.8. The lowest BCUT2D eigenvalue weighted by molar-refractivity contribution is 0.409. The van der Waals surface area contributed by atoms with E-state index in [0.29, 0.717) is 6.54 Å². The summed E-state index contributed by atoms with van der Waals surface area (Å²) in [6.07, 6.45) is 0.983. The molecule has 0 aliphatic carbocycles. The van der Waals surface area contributed by atoms with Crippen LogP contribution < -0.4 is 15.4 Å². The van der Waals surface area contributed by atoms with Gasteiger partial charge in [0.2, 0.25) is 0 Å². The van der Waals surface area contributed by atoms with Crippen LogP contribution in [0.5, 0.6) is 5.75 Å². The summed E-state index contributed by atoms with van der Waals surface area (Å²) in [5.41, 5.74) is 3.34. The molecule has 0 radical (unpaired) electrons. The van der Waals surface area contributed by atoms with Crippen LogP contribution in [0.2, 0.25) is 0 Å². The zero-order chi connectivity index (χ0) is 19.1. The number of para-hydroxylation sites is 3. The molecule has 1 heterocycles. The zero-order valence-corrected chi connectivity index (χ0v) is 16.2. The molecule has 0 unspecified atom stereocenters. The van der Waals surface area contributed by atoms with E-state index in [0.717, 1.165) is 48.1 Å². The minimum absolute atomic E-state index is 0.662. The molecule has 0 amide bonds. The van der Waals surface area contributed by atoms with Gasteiger partial charge >= 0.3 is 0 Å². The normalized spacial score (nSPS) is 11.6. The Labute approximate surface area is 160 Å². The van der Waals surface area contributed by atoms with Crippen molar-refractivity contribution in [3.63, 3.8) is 0 Å². The quantitative estimate of drug-likeness (QED) is 0.384. The van der Waals surface area contributed by atoms with Crippen LogP contribution in [0.4, 0.5) is 0 Å². The lowest BCUT2D eigenvalue weighted by Crippen LogP contribution is -2.37. The molecule has 2 aromatic carbocycles. The summed E-state index contributed by atoms with van der Waals surface area (Å²) < 4.78 is 7.65. The molecule has 0 saturated heterocycles. The highest BCUT2D eigenvalue weighted by Crippen LogP contribution is 2.17. The number of aliphatic imine (C=N–C) groups is 1. The van der Waals surface area contributed by atoms with Crippen molar-refractivity contribution in [1.29, 1.82) is 0 Å². The van der Waals surface area contributed by atoms with Crippen molar-refractivity contribution in [1.82, 2.24) is 20.2 Å². The molecule has 142 valence electrons. The largest absolute Gasteiger partial charge is 0.496 e. The number of aromatic nitrogens is 2. The number of fused-ring (bicyclic) bond motifs is 1. The average molecular weight is 365 g/mol. The van der Waals surface area contributed by atoms with E-state index in [1.54, 1.807) is 14.2 Å². The maximum absolute atomic E-state index is 5.39. The van der Waals surface area contributed by atoms with E-state index in [-0.39, 0.29) is 0 Å². The summed E-state index contributed by atoms with van der Waals surface area (Å²) in [6.45, 7) is 4.47. The lowest BCUT2D eigenvalue weighted by atomic mass is 10.2. The fourth-order valence-electron chi connectivity index (χ4n) is 3.17. The van der Waals surface area contributed by atoms with Crippen LogP contribution >= 0.6 is 0 Å². The molecule has 6 heteroatoms. The number of benzene rings is 2. The van der Waals surface area contributed by atoms with E-state index < -0.39 is 0 Å². The monoisotopic (exact) mass is 365 g/mol. The molecule has 1 aromatic heterocycles. The Bertz CT molecular complexity index is 916. The number of hydrogen-bond donors (Lipinski definition) is 2. The summed E-state index contributed by atoms with van der Waals surface area (Å²) in [4.78, 5) is 8.91. The van der Waals surface area contributed by atoms with Crippen LogP contribution in [0.15, 0.2) is 53.5 Å². The van der Waals surface area contributed by atoms with Gasteiger partial charge in [0.15, 0.2) is 5.96 Å². The van der Waals surface area contributed by atoms with Gasteiger partial charge < -0.3 is 19.9 Å².